The Labute approximate surface area is 159 Å². The zero-order chi connectivity index (χ0) is 19.4. The van der Waals surface area contributed by atoms with Crippen LogP contribution in [0.2, 0.25) is 0 Å². The standard InChI is InChI=1S/C23H19N3O/c1-16-11-20(13-21(15-25)19-6-4-5-18(12-19)14-24)17(2)26(16)22-7-9-23(27-3)10-8-22/h4-13H,1-3H3/b21-13-. The molecule has 0 aliphatic rings. The summed E-state index contributed by atoms with van der Waals surface area (Å²) in [6.45, 7) is 4.07. The van der Waals surface area contributed by atoms with E-state index in [2.05, 4.69) is 22.8 Å². The van der Waals surface area contributed by atoms with Crippen LogP contribution >= 0.6 is 0 Å². The molecule has 0 unspecified atom stereocenters. The molecule has 1 aromatic heterocycles. The van der Waals surface area contributed by atoms with Gasteiger partial charge in [0.1, 0.15) is 5.75 Å². The molecule has 0 saturated carbocycles. The van der Waals surface area contributed by atoms with Gasteiger partial charge in [-0.1, -0.05) is 12.1 Å². The van der Waals surface area contributed by atoms with E-state index in [1.165, 1.54) is 0 Å². The van der Waals surface area contributed by atoms with Crippen LogP contribution in [-0.4, -0.2) is 11.7 Å². The van der Waals surface area contributed by atoms with Crippen LogP contribution < -0.4 is 4.74 Å². The molecule has 132 valence electrons. The second kappa shape index (κ2) is 7.64. The van der Waals surface area contributed by atoms with Crippen LogP contribution in [0.5, 0.6) is 5.75 Å². The number of nitriles is 2. The average molecular weight is 353 g/mol. The maximum Gasteiger partial charge on any atom is 0.119 e. The molecule has 4 nitrogen and oxygen atoms in total. The molecular weight excluding hydrogens is 334 g/mol. The highest BCUT2D eigenvalue weighted by Crippen LogP contribution is 2.26. The van der Waals surface area contributed by atoms with Crippen molar-refractivity contribution in [3.8, 4) is 23.6 Å². The Morgan fingerprint density at radius 1 is 1.04 bits per heavy atom. The number of ether oxygens (including phenoxy) is 1. The summed E-state index contributed by atoms with van der Waals surface area (Å²) in [5, 5.41) is 18.7. The Kier molecular flexibility index (Phi) is 5.11. The third kappa shape index (κ3) is 3.61. The SMILES string of the molecule is COc1ccc(-n2c(C)cc(/C=C(/C#N)c3cccc(C#N)c3)c2C)cc1. The van der Waals surface area contributed by atoms with Gasteiger partial charge in [-0.25, -0.2) is 0 Å². The van der Waals surface area contributed by atoms with E-state index < -0.39 is 0 Å². The minimum Gasteiger partial charge on any atom is -0.497 e. The molecule has 1 heterocycles. The second-order valence-corrected chi connectivity index (χ2v) is 6.22. The van der Waals surface area contributed by atoms with Gasteiger partial charge in [-0.2, -0.15) is 10.5 Å². The fourth-order valence-electron chi connectivity index (χ4n) is 3.15. The third-order valence-corrected chi connectivity index (χ3v) is 4.52. The summed E-state index contributed by atoms with van der Waals surface area (Å²) < 4.78 is 7.37. The van der Waals surface area contributed by atoms with Gasteiger partial charge in [-0.05, 0) is 73.5 Å². The molecule has 27 heavy (non-hydrogen) atoms. The largest absolute Gasteiger partial charge is 0.497 e. The van der Waals surface area contributed by atoms with Crippen LogP contribution in [0.1, 0.15) is 28.1 Å². The number of allylic oxidation sites excluding steroid dienone is 1. The summed E-state index contributed by atoms with van der Waals surface area (Å²) in [5.74, 6) is 0.811. The first-order chi connectivity index (χ1) is 13.1. The van der Waals surface area contributed by atoms with Crippen molar-refractivity contribution < 1.29 is 4.74 Å². The fraction of sp³-hybridized carbons (Fsp3) is 0.130. The molecule has 0 amide bonds. The third-order valence-electron chi connectivity index (χ3n) is 4.52. The lowest BCUT2D eigenvalue weighted by atomic mass is 10.0. The van der Waals surface area contributed by atoms with Crippen molar-refractivity contribution in [3.05, 3.63) is 82.7 Å². The molecule has 0 aliphatic carbocycles. The fourth-order valence-corrected chi connectivity index (χ4v) is 3.15. The summed E-state index contributed by atoms with van der Waals surface area (Å²) >= 11 is 0. The van der Waals surface area contributed by atoms with Crippen molar-refractivity contribution >= 4 is 11.6 Å². The quantitative estimate of drug-likeness (QED) is 0.617. The van der Waals surface area contributed by atoms with Crippen LogP contribution in [0, 0.1) is 36.5 Å². The van der Waals surface area contributed by atoms with Gasteiger partial charge in [0.25, 0.3) is 0 Å². The molecule has 0 fully saturated rings. The minimum absolute atomic E-state index is 0.530. The second-order valence-electron chi connectivity index (χ2n) is 6.22. The maximum absolute atomic E-state index is 9.62. The van der Waals surface area contributed by atoms with Gasteiger partial charge < -0.3 is 9.30 Å². The average Bonchev–Trinajstić information content (AvgIpc) is 2.99. The Bertz CT molecular complexity index is 1090. The summed E-state index contributed by atoms with van der Waals surface area (Å²) in [6.07, 6.45) is 1.87. The van der Waals surface area contributed by atoms with E-state index in [9.17, 15) is 5.26 Å². The van der Waals surface area contributed by atoms with Crippen LogP contribution in [0.4, 0.5) is 0 Å². The van der Waals surface area contributed by atoms with Gasteiger partial charge in [-0.15, -0.1) is 0 Å². The lowest BCUT2D eigenvalue weighted by Crippen LogP contribution is -1.99. The zero-order valence-corrected chi connectivity index (χ0v) is 15.5. The van der Waals surface area contributed by atoms with E-state index in [4.69, 9.17) is 10.00 Å². The van der Waals surface area contributed by atoms with Crippen molar-refractivity contribution in [1.82, 2.24) is 4.57 Å². The molecule has 0 bridgehead atoms. The number of hydrogen-bond acceptors (Lipinski definition) is 3. The first-order valence-corrected chi connectivity index (χ1v) is 8.53. The number of rotatable bonds is 4. The predicted octanol–water partition coefficient (Wildman–Crippen LogP) is 5.04. The molecule has 3 aromatic rings. The van der Waals surface area contributed by atoms with Crippen molar-refractivity contribution in [2.24, 2.45) is 0 Å². The summed E-state index contributed by atoms with van der Waals surface area (Å²) in [4.78, 5) is 0. The topological polar surface area (TPSA) is 61.7 Å². The molecule has 0 N–H and O–H groups in total. The van der Waals surface area contributed by atoms with E-state index in [-0.39, 0.29) is 0 Å². The number of hydrogen-bond donors (Lipinski definition) is 0. The number of aromatic nitrogens is 1. The first kappa shape index (κ1) is 18.0. The molecule has 0 aliphatic heterocycles. The molecule has 4 heteroatoms. The number of nitrogens with zero attached hydrogens (tertiary/aromatic N) is 3. The van der Waals surface area contributed by atoms with Crippen LogP contribution in [0.3, 0.4) is 0 Å². The van der Waals surface area contributed by atoms with Crippen molar-refractivity contribution in [3.63, 3.8) is 0 Å². The number of benzene rings is 2. The molecule has 2 aromatic carbocycles. The Morgan fingerprint density at radius 2 is 1.78 bits per heavy atom. The monoisotopic (exact) mass is 353 g/mol. The molecule has 0 atom stereocenters. The number of aryl methyl sites for hydroxylation is 1. The Hall–Kier alpha value is -3.76. The van der Waals surface area contributed by atoms with Crippen LogP contribution in [0.15, 0.2) is 54.6 Å². The lowest BCUT2D eigenvalue weighted by Gasteiger charge is -2.10. The maximum atomic E-state index is 9.62. The molecule has 0 saturated heterocycles. The van der Waals surface area contributed by atoms with Crippen molar-refractivity contribution in [2.75, 3.05) is 7.11 Å². The van der Waals surface area contributed by atoms with Gasteiger partial charge >= 0.3 is 0 Å². The van der Waals surface area contributed by atoms with Gasteiger partial charge in [0, 0.05) is 17.1 Å². The van der Waals surface area contributed by atoms with Crippen LogP contribution in [0.25, 0.3) is 17.3 Å². The summed E-state index contributed by atoms with van der Waals surface area (Å²) in [5.41, 5.74) is 5.94. The van der Waals surface area contributed by atoms with Crippen LogP contribution in [-0.2, 0) is 0 Å². The summed E-state index contributed by atoms with van der Waals surface area (Å²) in [6, 6.07) is 21.4. The van der Waals surface area contributed by atoms with Gasteiger partial charge in [-0.3, -0.25) is 0 Å². The molecule has 0 spiro atoms. The van der Waals surface area contributed by atoms with Gasteiger partial charge in [0.05, 0.1) is 30.4 Å². The first-order valence-electron chi connectivity index (χ1n) is 8.53. The lowest BCUT2D eigenvalue weighted by molar-refractivity contribution is 0.414. The normalized spacial score (nSPS) is 10.9. The molecular formula is C23H19N3O. The predicted molar refractivity (Wildman–Crippen MR) is 106 cm³/mol. The van der Waals surface area contributed by atoms with E-state index in [1.54, 1.807) is 25.3 Å². The van der Waals surface area contributed by atoms with Gasteiger partial charge in [0.15, 0.2) is 0 Å². The van der Waals surface area contributed by atoms with E-state index in [0.29, 0.717) is 11.1 Å². The van der Waals surface area contributed by atoms with E-state index >= 15 is 0 Å². The Balaban J connectivity index is 2.05. The van der Waals surface area contributed by atoms with Crippen molar-refractivity contribution in [2.45, 2.75) is 13.8 Å². The minimum atomic E-state index is 0.530. The summed E-state index contributed by atoms with van der Waals surface area (Å²) in [7, 11) is 1.65. The van der Waals surface area contributed by atoms with E-state index in [0.717, 1.165) is 34.0 Å². The highest BCUT2D eigenvalue weighted by Gasteiger charge is 2.11. The zero-order valence-electron chi connectivity index (χ0n) is 15.5. The van der Waals surface area contributed by atoms with E-state index in [1.807, 2.05) is 50.3 Å². The smallest absolute Gasteiger partial charge is 0.119 e. The Morgan fingerprint density at radius 3 is 2.41 bits per heavy atom. The molecule has 0 radical (unpaired) electrons. The highest BCUT2D eigenvalue weighted by atomic mass is 16.5. The number of methoxy groups -OCH3 is 1. The van der Waals surface area contributed by atoms with Crippen molar-refractivity contribution in [1.29, 1.82) is 10.5 Å². The molecule has 3 rings (SSSR count). The van der Waals surface area contributed by atoms with Gasteiger partial charge in [0.2, 0.25) is 0 Å². The highest BCUT2D eigenvalue weighted by molar-refractivity contribution is 5.90.